The maximum atomic E-state index is 12.0. The second kappa shape index (κ2) is 6.23. The van der Waals surface area contributed by atoms with Crippen molar-refractivity contribution in [3.05, 3.63) is 29.8 Å². The zero-order valence-electron chi connectivity index (χ0n) is 10.5. The van der Waals surface area contributed by atoms with Crippen LogP contribution in [-0.2, 0) is 15.9 Å². The van der Waals surface area contributed by atoms with E-state index in [1.165, 1.54) is 38.2 Å². The van der Waals surface area contributed by atoms with E-state index in [9.17, 15) is 22.2 Å². The highest BCUT2D eigenvalue weighted by molar-refractivity contribution is 7.81. The normalized spacial score (nSPS) is 14.5. The molecule has 0 heterocycles. The van der Waals surface area contributed by atoms with E-state index in [4.69, 9.17) is 5.21 Å². The Morgan fingerprint density at radius 3 is 2.25 bits per heavy atom. The van der Waals surface area contributed by atoms with Crippen LogP contribution in [-0.4, -0.2) is 32.9 Å². The maximum Gasteiger partial charge on any atom is 0.508 e. The molecule has 0 bridgehead atoms. The lowest BCUT2D eigenvalue weighted by atomic mass is 10.0. The van der Waals surface area contributed by atoms with Crippen LogP contribution in [0.5, 0.6) is 5.75 Å². The zero-order chi connectivity index (χ0) is 15.5. The number of benzene rings is 1. The Morgan fingerprint density at radius 2 is 1.85 bits per heavy atom. The van der Waals surface area contributed by atoms with Crippen molar-refractivity contribution in [2.45, 2.75) is 18.3 Å². The van der Waals surface area contributed by atoms with Crippen molar-refractivity contribution in [1.29, 1.82) is 0 Å². The maximum absolute atomic E-state index is 12.0. The van der Waals surface area contributed by atoms with E-state index in [0.29, 0.717) is 10.6 Å². The molecule has 0 fully saturated rings. The van der Waals surface area contributed by atoms with Crippen molar-refractivity contribution in [2.24, 2.45) is 0 Å². The summed E-state index contributed by atoms with van der Waals surface area (Å²) in [4.78, 5) is 11.5. The average Bonchev–Trinajstić information content (AvgIpc) is 2.36. The summed E-state index contributed by atoms with van der Waals surface area (Å²) in [5.41, 5.74) is -4.48. The minimum absolute atomic E-state index is 0.235. The van der Waals surface area contributed by atoms with Crippen molar-refractivity contribution in [1.82, 2.24) is 5.06 Å². The van der Waals surface area contributed by atoms with Crippen LogP contribution >= 0.6 is 0 Å². The third-order valence-electron chi connectivity index (χ3n) is 2.43. The minimum atomic E-state index is -4.96. The molecular formula is C11H12F3NO4S. The number of rotatable bonds is 4. The third kappa shape index (κ3) is 4.20. The summed E-state index contributed by atoms with van der Waals surface area (Å²) in [5, 5.41) is 9.43. The SMILES string of the molecule is CC(C(=O)N(C)O)c1ccc(OS(=O)C(F)(F)F)cc1. The number of hydrogen-bond acceptors (Lipinski definition) is 4. The molecule has 0 aliphatic rings. The van der Waals surface area contributed by atoms with Gasteiger partial charge in [0.15, 0.2) is 0 Å². The second-order valence-corrected chi connectivity index (χ2v) is 5.02. The molecule has 0 spiro atoms. The number of carbonyl (C=O) groups excluding carboxylic acids is 1. The van der Waals surface area contributed by atoms with Crippen molar-refractivity contribution in [2.75, 3.05) is 7.05 Å². The fourth-order valence-corrected chi connectivity index (χ4v) is 1.75. The van der Waals surface area contributed by atoms with E-state index < -0.39 is 28.4 Å². The lowest BCUT2D eigenvalue weighted by Gasteiger charge is -2.15. The highest BCUT2D eigenvalue weighted by Gasteiger charge is 2.40. The van der Waals surface area contributed by atoms with E-state index in [-0.39, 0.29) is 5.75 Å². The average molecular weight is 311 g/mol. The Morgan fingerprint density at radius 1 is 1.35 bits per heavy atom. The van der Waals surface area contributed by atoms with Gasteiger partial charge in [0, 0.05) is 7.05 Å². The van der Waals surface area contributed by atoms with E-state index in [1.54, 1.807) is 0 Å². The number of alkyl halides is 3. The van der Waals surface area contributed by atoms with Crippen molar-refractivity contribution < 1.29 is 31.6 Å². The molecule has 20 heavy (non-hydrogen) atoms. The minimum Gasteiger partial charge on any atom is -0.394 e. The molecule has 112 valence electrons. The topological polar surface area (TPSA) is 66.8 Å². The second-order valence-electron chi connectivity index (χ2n) is 3.92. The lowest BCUT2D eigenvalue weighted by Crippen LogP contribution is -2.27. The van der Waals surface area contributed by atoms with Gasteiger partial charge in [0.2, 0.25) is 0 Å². The fraction of sp³-hybridized carbons (Fsp3) is 0.364. The summed E-state index contributed by atoms with van der Waals surface area (Å²) in [6.45, 7) is 1.53. The Kier molecular flexibility index (Phi) is 5.12. The van der Waals surface area contributed by atoms with Crippen LogP contribution < -0.4 is 4.18 Å². The van der Waals surface area contributed by atoms with Crippen LogP contribution in [0, 0.1) is 0 Å². The summed E-state index contributed by atoms with van der Waals surface area (Å²) in [6, 6.07) is 5.05. The predicted octanol–water partition coefficient (Wildman–Crippen LogP) is 2.20. The molecule has 5 nitrogen and oxygen atoms in total. The van der Waals surface area contributed by atoms with Gasteiger partial charge in [-0.2, -0.15) is 13.2 Å². The summed E-state index contributed by atoms with van der Waals surface area (Å²) < 4.78 is 51.0. The summed E-state index contributed by atoms with van der Waals surface area (Å²) in [7, 11) is 1.17. The van der Waals surface area contributed by atoms with Crippen molar-refractivity contribution in [3.63, 3.8) is 0 Å². The number of amides is 1. The summed E-state index contributed by atoms with van der Waals surface area (Å²) in [6.07, 6.45) is 0. The van der Waals surface area contributed by atoms with Crippen molar-refractivity contribution >= 4 is 17.0 Å². The molecule has 0 aliphatic carbocycles. The number of likely N-dealkylation sites (N-methyl/N-ethyl adjacent to an activating group) is 1. The smallest absolute Gasteiger partial charge is 0.394 e. The molecule has 0 aromatic heterocycles. The van der Waals surface area contributed by atoms with Crippen LogP contribution in [0.1, 0.15) is 18.4 Å². The number of hydrogen-bond donors (Lipinski definition) is 1. The fourth-order valence-electron chi connectivity index (χ4n) is 1.37. The number of halogens is 3. The van der Waals surface area contributed by atoms with Gasteiger partial charge in [0.25, 0.3) is 5.91 Å². The molecule has 0 saturated carbocycles. The van der Waals surface area contributed by atoms with Crippen LogP contribution in [0.3, 0.4) is 0 Å². The highest BCUT2D eigenvalue weighted by atomic mass is 32.2. The molecule has 0 radical (unpaired) electrons. The number of hydroxylamine groups is 2. The van der Waals surface area contributed by atoms with Crippen LogP contribution in [0.2, 0.25) is 0 Å². The zero-order valence-corrected chi connectivity index (χ0v) is 11.4. The molecule has 1 aromatic carbocycles. The van der Waals surface area contributed by atoms with Gasteiger partial charge in [0.05, 0.1) is 5.92 Å². The van der Waals surface area contributed by atoms with Gasteiger partial charge in [0.1, 0.15) is 5.75 Å². The number of nitrogens with zero attached hydrogens (tertiary/aromatic N) is 1. The first-order valence-corrected chi connectivity index (χ1v) is 6.43. The van der Waals surface area contributed by atoms with E-state index in [0.717, 1.165) is 0 Å². The predicted molar refractivity (Wildman–Crippen MR) is 64.2 cm³/mol. The van der Waals surface area contributed by atoms with Gasteiger partial charge in [-0.1, -0.05) is 12.1 Å². The lowest BCUT2D eigenvalue weighted by molar-refractivity contribution is -0.160. The molecule has 2 atom stereocenters. The van der Waals surface area contributed by atoms with E-state index in [1.807, 2.05) is 0 Å². The van der Waals surface area contributed by atoms with E-state index in [2.05, 4.69) is 4.18 Å². The largest absolute Gasteiger partial charge is 0.508 e. The molecule has 0 aliphatic heterocycles. The Balaban J connectivity index is 2.79. The van der Waals surface area contributed by atoms with Crippen molar-refractivity contribution in [3.8, 4) is 5.75 Å². The molecule has 0 saturated heterocycles. The molecule has 1 rings (SSSR count). The molecule has 9 heteroatoms. The Bertz CT molecular complexity index is 501. The number of carbonyl (C=O) groups is 1. The molecule has 1 amide bonds. The van der Waals surface area contributed by atoms with Gasteiger partial charge in [-0.05, 0) is 24.6 Å². The van der Waals surface area contributed by atoms with Gasteiger partial charge in [-0.3, -0.25) is 10.0 Å². The Hall–Kier alpha value is -1.61. The van der Waals surface area contributed by atoms with Crippen LogP contribution in [0.25, 0.3) is 0 Å². The van der Waals surface area contributed by atoms with Crippen LogP contribution in [0.15, 0.2) is 24.3 Å². The molecule has 1 N–H and O–H groups in total. The first-order chi connectivity index (χ1) is 9.12. The third-order valence-corrected chi connectivity index (χ3v) is 3.15. The van der Waals surface area contributed by atoms with Crippen LogP contribution in [0.4, 0.5) is 13.2 Å². The van der Waals surface area contributed by atoms with E-state index >= 15 is 0 Å². The molecular weight excluding hydrogens is 299 g/mol. The quantitative estimate of drug-likeness (QED) is 0.684. The summed E-state index contributed by atoms with van der Waals surface area (Å²) in [5.74, 6) is -1.48. The highest BCUT2D eigenvalue weighted by Crippen LogP contribution is 2.25. The van der Waals surface area contributed by atoms with Gasteiger partial charge < -0.3 is 4.18 Å². The first-order valence-electron chi connectivity index (χ1n) is 5.36. The molecule has 1 aromatic rings. The summed E-state index contributed by atoms with van der Waals surface area (Å²) >= 11 is -3.44. The van der Waals surface area contributed by atoms with Gasteiger partial charge >= 0.3 is 16.6 Å². The standard InChI is InChI=1S/C11H12F3NO4S/c1-7(10(16)15(2)17)8-3-5-9(6-4-8)19-20(18)11(12,13)14/h3-7,17H,1-2H3. The van der Waals surface area contributed by atoms with Gasteiger partial charge in [-0.25, -0.2) is 9.27 Å². The Labute approximate surface area is 115 Å². The first kappa shape index (κ1) is 16.4. The van der Waals surface area contributed by atoms with Gasteiger partial charge in [-0.15, -0.1) is 0 Å². The molecule has 2 unspecified atom stereocenters. The monoisotopic (exact) mass is 311 g/mol.